The number of benzene rings is 2. The van der Waals surface area contributed by atoms with Crippen molar-refractivity contribution < 1.29 is 4.79 Å². The van der Waals surface area contributed by atoms with Crippen molar-refractivity contribution in [2.24, 2.45) is 5.92 Å². The lowest BCUT2D eigenvalue weighted by atomic mass is 9.81. The fraction of sp³-hybridized carbons (Fsp3) is 0.371. The van der Waals surface area contributed by atoms with Gasteiger partial charge in [-0.1, -0.05) is 18.7 Å². The van der Waals surface area contributed by atoms with Crippen molar-refractivity contribution in [1.82, 2.24) is 19.4 Å². The Kier molecular flexibility index (Phi) is 6.81. The molecule has 0 bridgehead atoms. The molecule has 44 heavy (non-hydrogen) atoms. The Labute approximate surface area is 257 Å². The first-order valence-corrected chi connectivity index (χ1v) is 15.4. The van der Waals surface area contributed by atoms with Crippen LogP contribution in [0.5, 0.6) is 0 Å². The number of pyridine rings is 1. The molecule has 1 atom stereocenters. The third-order valence-electron chi connectivity index (χ3n) is 9.75. The van der Waals surface area contributed by atoms with Crippen LogP contribution in [0.1, 0.15) is 48.7 Å². The van der Waals surface area contributed by atoms with Gasteiger partial charge in [-0.3, -0.25) is 14.2 Å². The van der Waals surface area contributed by atoms with Crippen molar-refractivity contribution in [3.8, 4) is 0 Å². The minimum absolute atomic E-state index is 0.103. The molecule has 1 unspecified atom stereocenters. The number of allylic oxidation sites excluding steroid dienone is 1. The molecular formula is C35H39N7O2. The molecule has 2 fully saturated rings. The number of hydrogen-bond acceptors (Lipinski definition) is 8. The van der Waals surface area contributed by atoms with Crippen LogP contribution >= 0.6 is 0 Å². The molecule has 0 spiro atoms. The van der Waals surface area contributed by atoms with E-state index < -0.39 is 11.6 Å². The van der Waals surface area contributed by atoms with E-state index in [2.05, 4.69) is 50.8 Å². The number of piperazine rings is 1. The predicted molar refractivity (Wildman–Crippen MR) is 177 cm³/mol. The Bertz CT molecular complexity index is 1830. The summed E-state index contributed by atoms with van der Waals surface area (Å²) in [7, 11) is 4.13. The summed E-state index contributed by atoms with van der Waals surface area (Å²) in [4.78, 5) is 45.1. The second-order valence-corrected chi connectivity index (χ2v) is 13.0. The molecular weight excluding hydrogens is 550 g/mol. The summed E-state index contributed by atoms with van der Waals surface area (Å²) in [5, 5.41) is 4.02. The number of carbonyl (C=O) groups excluding carboxylic acids is 1. The largest absolute Gasteiger partial charge is 0.369 e. The summed E-state index contributed by atoms with van der Waals surface area (Å²) in [6.45, 7) is 12.4. The Morgan fingerprint density at radius 1 is 0.977 bits per heavy atom. The van der Waals surface area contributed by atoms with Crippen molar-refractivity contribution in [1.29, 1.82) is 0 Å². The molecule has 2 aromatic carbocycles. The normalized spacial score (nSPS) is 20.1. The van der Waals surface area contributed by atoms with Crippen LogP contribution in [-0.4, -0.2) is 71.0 Å². The number of para-hydroxylation sites is 1. The number of nitrogens with zero attached hydrogens (tertiary/aromatic N) is 6. The number of nitrogens with one attached hydrogen (secondary N) is 1. The van der Waals surface area contributed by atoms with Gasteiger partial charge in [0.05, 0.1) is 5.54 Å². The Morgan fingerprint density at radius 3 is 2.39 bits per heavy atom. The van der Waals surface area contributed by atoms with Crippen LogP contribution < -0.4 is 20.7 Å². The summed E-state index contributed by atoms with van der Waals surface area (Å²) in [5.41, 5.74) is 4.30. The summed E-state index contributed by atoms with van der Waals surface area (Å²) in [6.07, 6.45) is 3.78. The van der Waals surface area contributed by atoms with Crippen LogP contribution in [-0.2, 0) is 0 Å². The molecule has 4 heterocycles. The van der Waals surface area contributed by atoms with Gasteiger partial charge in [0, 0.05) is 73.0 Å². The van der Waals surface area contributed by atoms with E-state index in [0.29, 0.717) is 34.0 Å². The van der Waals surface area contributed by atoms with Crippen molar-refractivity contribution >= 4 is 45.4 Å². The zero-order chi connectivity index (χ0) is 30.7. The van der Waals surface area contributed by atoms with Gasteiger partial charge in [0.25, 0.3) is 5.56 Å². The lowest BCUT2D eigenvalue weighted by Gasteiger charge is -2.47. The lowest BCUT2D eigenvalue weighted by Crippen LogP contribution is -2.56. The van der Waals surface area contributed by atoms with Crippen LogP contribution in [0.15, 0.2) is 72.2 Å². The first-order valence-electron chi connectivity index (χ1n) is 15.4. The molecule has 2 aliphatic heterocycles. The summed E-state index contributed by atoms with van der Waals surface area (Å²) in [5.74, 6) is 0.554. The molecule has 4 aromatic rings. The van der Waals surface area contributed by atoms with Gasteiger partial charge in [-0.2, -0.15) is 4.98 Å². The van der Waals surface area contributed by atoms with Crippen LogP contribution in [0.4, 0.5) is 23.0 Å². The highest BCUT2D eigenvalue weighted by Gasteiger charge is 2.47. The van der Waals surface area contributed by atoms with Crippen LogP contribution in [0.2, 0.25) is 0 Å². The lowest BCUT2D eigenvalue weighted by molar-refractivity contribution is 0.0859. The van der Waals surface area contributed by atoms with E-state index in [-0.39, 0.29) is 11.3 Å². The molecule has 9 heteroatoms. The topological polar surface area (TPSA) is 86.6 Å². The van der Waals surface area contributed by atoms with Crippen molar-refractivity contribution in [2.75, 3.05) is 55.4 Å². The van der Waals surface area contributed by atoms with E-state index >= 15 is 0 Å². The molecule has 0 amide bonds. The predicted octanol–water partition coefficient (Wildman–Crippen LogP) is 5.36. The Morgan fingerprint density at radius 2 is 1.68 bits per heavy atom. The first-order chi connectivity index (χ1) is 21.1. The van der Waals surface area contributed by atoms with Crippen LogP contribution in [0.25, 0.3) is 16.6 Å². The first kappa shape index (κ1) is 28.3. The molecule has 7 rings (SSSR count). The molecule has 1 N–H and O–H groups in total. The van der Waals surface area contributed by atoms with E-state index in [0.717, 1.165) is 56.0 Å². The van der Waals surface area contributed by atoms with Crippen LogP contribution in [0.3, 0.4) is 0 Å². The molecule has 1 saturated carbocycles. The SMILES string of the molecule is C=C(c1cc2cnc(Nc3ccc(N4CCN(C)CC4)cc3)nc2n(C2C(=O)c3ccccc3N(C)C2(C)C)c1=O)C1CC1. The zero-order valence-corrected chi connectivity index (χ0v) is 25.9. The van der Waals surface area contributed by atoms with Gasteiger partial charge in [0.2, 0.25) is 5.95 Å². The maximum atomic E-state index is 14.4. The smallest absolute Gasteiger partial charge is 0.260 e. The molecule has 3 aliphatic rings. The highest BCUT2D eigenvalue weighted by Crippen LogP contribution is 2.44. The molecule has 1 saturated heterocycles. The van der Waals surface area contributed by atoms with E-state index in [4.69, 9.17) is 4.98 Å². The number of likely N-dealkylation sites (N-methyl/N-ethyl adjacent to an activating group) is 2. The van der Waals surface area contributed by atoms with Crippen molar-refractivity contribution in [2.45, 2.75) is 38.3 Å². The minimum atomic E-state index is -0.810. The highest BCUT2D eigenvalue weighted by atomic mass is 16.1. The number of fused-ring (bicyclic) bond motifs is 2. The highest BCUT2D eigenvalue weighted by molar-refractivity contribution is 6.07. The second kappa shape index (κ2) is 10.6. The van der Waals surface area contributed by atoms with Crippen molar-refractivity contribution in [3.63, 3.8) is 0 Å². The van der Waals surface area contributed by atoms with Gasteiger partial charge in [-0.05, 0) is 87.7 Å². The quantitative estimate of drug-likeness (QED) is 0.322. The average molecular weight is 590 g/mol. The fourth-order valence-corrected chi connectivity index (χ4v) is 6.62. The molecule has 2 aromatic heterocycles. The number of ketones is 1. The number of aromatic nitrogens is 3. The average Bonchev–Trinajstić information content (AvgIpc) is 3.87. The van der Waals surface area contributed by atoms with Gasteiger partial charge in [-0.25, -0.2) is 4.98 Å². The maximum absolute atomic E-state index is 14.4. The van der Waals surface area contributed by atoms with E-state index in [1.165, 1.54) is 5.69 Å². The fourth-order valence-electron chi connectivity index (χ4n) is 6.62. The standard InChI is InChI=1S/C35H39N7O2/c1-22(23-10-11-23)28-20-24-21-36-34(37-25-12-14-26(15-13-25)41-18-16-39(4)17-19-41)38-32(24)42(33(28)44)31-30(43)27-8-6-7-9-29(27)40(5)35(31,2)3/h6-9,12-15,20-21,23,31H,1,10-11,16-19H2,2-5H3,(H,36,37,38). The van der Waals surface area contributed by atoms with E-state index in [1.807, 2.05) is 63.4 Å². The summed E-state index contributed by atoms with van der Waals surface area (Å²) >= 11 is 0. The van der Waals surface area contributed by atoms with Crippen LogP contribution in [0, 0.1) is 5.92 Å². The third kappa shape index (κ3) is 4.76. The monoisotopic (exact) mass is 589 g/mol. The van der Waals surface area contributed by atoms with Gasteiger partial charge in [0.15, 0.2) is 5.78 Å². The molecule has 0 radical (unpaired) electrons. The molecule has 1 aliphatic carbocycles. The number of rotatable bonds is 6. The van der Waals surface area contributed by atoms with E-state index in [9.17, 15) is 9.59 Å². The zero-order valence-electron chi connectivity index (χ0n) is 25.9. The maximum Gasteiger partial charge on any atom is 0.260 e. The number of anilines is 4. The van der Waals surface area contributed by atoms with Gasteiger partial charge >= 0.3 is 0 Å². The summed E-state index contributed by atoms with van der Waals surface area (Å²) in [6, 6.07) is 16.9. The molecule has 226 valence electrons. The summed E-state index contributed by atoms with van der Waals surface area (Å²) < 4.78 is 1.61. The Balaban J connectivity index is 1.31. The molecule has 9 nitrogen and oxygen atoms in total. The minimum Gasteiger partial charge on any atom is -0.369 e. The third-order valence-corrected chi connectivity index (χ3v) is 9.75. The van der Waals surface area contributed by atoms with Gasteiger partial charge < -0.3 is 20.0 Å². The van der Waals surface area contributed by atoms with Gasteiger partial charge in [0.1, 0.15) is 11.7 Å². The number of Topliss-reactive ketones (excluding diaryl/α,β-unsaturated/α-hetero) is 1. The second-order valence-electron chi connectivity index (χ2n) is 13.0. The van der Waals surface area contributed by atoms with Crippen molar-refractivity contribution in [3.05, 3.63) is 88.9 Å². The number of carbonyl (C=O) groups is 1. The van der Waals surface area contributed by atoms with E-state index in [1.54, 1.807) is 10.8 Å². The Hall–Kier alpha value is -4.50. The van der Waals surface area contributed by atoms with Gasteiger partial charge in [-0.15, -0.1) is 0 Å². The number of hydrogen-bond donors (Lipinski definition) is 1.